The molecule has 0 saturated carbocycles. The van der Waals surface area contributed by atoms with E-state index in [0.717, 1.165) is 6.21 Å². The minimum atomic E-state index is -0.357. The van der Waals surface area contributed by atoms with Crippen LogP contribution in [0.1, 0.15) is 5.56 Å². The summed E-state index contributed by atoms with van der Waals surface area (Å²) in [5.41, 5.74) is 0.133. The van der Waals surface area contributed by atoms with Gasteiger partial charge in [0, 0.05) is 0 Å². The van der Waals surface area contributed by atoms with Crippen LogP contribution in [0.3, 0.4) is 0 Å². The predicted molar refractivity (Wildman–Crippen MR) is 53.5 cm³/mol. The maximum atomic E-state index is 11.7. The van der Waals surface area contributed by atoms with Crippen molar-refractivity contribution in [2.45, 2.75) is 0 Å². The van der Waals surface area contributed by atoms with Crippen molar-refractivity contribution in [3.8, 4) is 5.75 Å². The molecule has 0 fully saturated rings. The van der Waals surface area contributed by atoms with E-state index in [1.165, 1.54) is 24.5 Å². The standard InChI is InChI=1S/C10H7NO4/c12-7-1-2-9-8(3-7)10(13)6(4-11-14)5-15-9/h1-5,12,14H/b11-4-. The Balaban J connectivity index is 2.83. The fraction of sp³-hybridized carbons (Fsp3) is 0. The third-order valence-corrected chi connectivity index (χ3v) is 1.98. The van der Waals surface area contributed by atoms with Gasteiger partial charge in [-0.05, 0) is 18.2 Å². The maximum Gasteiger partial charge on any atom is 0.201 e. The molecule has 0 aliphatic carbocycles. The van der Waals surface area contributed by atoms with Crippen LogP contribution in [0.2, 0.25) is 0 Å². The zero-order valence-corrected chi connectivity index (χ0v) is 7.54. The molecule has 0 spiro atoms. The summed E-state index contributed by atoms with van der Waals surface area (Å²) in [6, 6.07) is 4.22. The molecular formula is C10H7NO4. The molecule has 0 bridgehead atoms. The first-order valence-electron chi connectivity index (χ1n) is 4.14. The Morgan fingerprint density at radius 3 is 2.93 bits per heavy atom. The lowest BCUT2D eigenvalue weighted by molar-refractivity contribution is 0.321. The Morgan fingerprint density at radius 2 is 2.20 bits per heavy atom. The number of hydrogen-bond donors (Lipinski definition) is 2. The fourth-order valence-electron chi connectivity index (χ4n) is 1.29. The van der Waals surface area contributed by atoms with Gasteiger partial charge in [-0.3, -0.25) is 4.79 Å². The van der Waals surface area contributed by atoms with Crippen molar-refractivity contribution >= 4 is 17.2 Å². The highest BCUT2D eigenvalue weighted by atomic mass is 16.4. The summed E-state index contributed by atoms with van der Waals surface area (Å²) < 4.78 is 5.12. The van der Waals surface area contributed by atoms with Gasteiger partial charge in [-0.2, -0.15) is 0 Å². The molecular weight excluding hydrogens is 198 g/mol. The number of oxime groups is 1. The van der Waals surface area contributed by atoms with Crippen LogP contribution in [-0.2, 0) is 0 Å². The van der Waals surface area contributed by atoms with Crippen LogP contribution in [0.4, 0.5) is 0 Å². The van der Waals surface area contributed by atoms with E-state index in [1.54, 1.807) is 0 Å². The molecule has 2 aromatic rings. The van der Waals surface area contributed by atoms with Crippen LogP contribution in [0.15, 0.2) is 38.8 Å². The Labute approximate surface area is 83.9 Å². The molecule has 0 aliphatic rings. The molecule has 2 N–H and O–H groups in total. The number of fused-ring (bicyclic) bond motifs is 1. The smallest absolute Gasteiger partial charge is 0.201 e. The molecule has 5 heteroatoms. The van der Waals surface area contributed by atoms with Gasteiger partial charge in [0.2, 0.25) is 5.43 Å². The van der Waals surface area contributed by atoms with Crippen molar-refractivity contribution in [1.29, 1.82) is 0 Å². The summed E-state index contributed by atoms with van der Waals surface area (Å²) in [6.45, 7) is 0. The lowest BCUT2D eigenvalue weighted by Crippen LogP contribution is -2.07. The molecule has 0 amide bonds. The van der Waals surface area contributed by atoms with Crippen molar-refractivity contribution in [3.63, 3.8) is 0 Å². The van der Waals surface area contributed by atoms with Crippen molar-refractivity contribution < 1.29 is 14.7 Å². The highest BCUT2D eigenvalue weighted by Gasteiger charge is 2.05. The maximum absolute atomic E-state index is 11.7. The predicted octanol–water partition coefficient (Wildman–Crippen LogP) is 1.31. The number of phenols is 1. The average Bonchev–Trinajstić information content (AvgIpc) is 2.23. The van der Waals surface area contributed by atoms with E-state index in [-0.39, 0.29) is 22.1 Å². The van der Waals surface area contributed by atoms with E-state index in [2.05, 4.69) is 5.16 Å². The second-order valence-corrected chi connectivity index (χ2v) is 2.95. The molecule has 1 heterocycles. The molecule has 5 nitrogen and oxygen atoms in total. The third kappa shape index (κ3) is 1.54. The molecule has 0 unspecified atom stereocenters. The van der Waals surface area contributed by atoms with Gasteiger partial charge in [0.05, 0.1) is 17.2 Å². The first-order chi connectivity index (χ1) is 7.22. The number of aromatic hydroxyl groups is 1. The van der Waals surface area contributed by atoms with Crippen LogP contribution >= 0.6 is 0 Å². The highest BCUT2D eigenvalue weighted by Crippen LogP contribution is 2.16. The monoisotopic (exact) mass is 205 g/mol. The van der Waals surface area contributed by atoms with Gasteiger partial charge in [-0.25, -0.2) is 0 Å². The molecule has 0 aliphatic heterocycles. The van der Waals surface area contributed by atoms with Gasteiger partial charge in [-0.1, -0.05) is 5.16 Å². The minimum Gasteiger partial charge on any atom is -0.508 e. The fourth-order valence-corrected chi connectivity index (χ4v) is 1.29. The topological polar surface area (TPSA) is 83.0 Å². The van der Waals surface area contributed by atoms with Crippen LogP contribution in [-0.4, -0.2) is 16.5 Å². The van der Waals surface area contributed by atoms with Gasteiger partial charge >= 0.3 is 0 Å². The number of benzene rings is 1. The Morgan fingerprint density at radius 1 is 1.40 bits per heavy atom. The lowest BCUT2D eigenvalue weighted by Gasteiger charge is -1.98. The molecule has 2 rings (SSSR count). The second-order valence-electron chi connectivity index (χ2n) is 2.95. The minimum absolute atomic E-state index is 0.0205. The SMILES string of the molecule is O=c1c(/C=N\O)coc2ccc(O)cc12. The van der Waals surface area contributed by atoms with Crippen LogP contribution in [0.5, 0.6) is 5.75 Å². The Hall–Kier alpha value is -2.30. The van der Waals surface area contributed by atoms with Gasteiger partial charge < -0.3 is 14.7 Å². The number of hydrogen-bond acceptors (Lipinski definition) is 5. The summed E-state index contributed by atoms with van der Waals surface area (Å²) in [5, 5.41) is 20.5. The van der Waals surface area contributed by atoms with Crippen molar-refractivity contribution in [1.82, 2.24) is 0 Å². The first-order valence-corrected chi connectivity index (χ1v) is 4.14. The third-order valence-electron chi connectivity index (χ3n) is 1.98. The van der Waals surface area contributed by atoms with Gasteiger partial charge in [0.25, 0.3) is 0 Å². The summed E-state index contributed by atoms with van der Waals surface area (Å²) >= 11 is 0. The molecule has 1 aromatic carbocycles. The van der Waals surface area contributed by atoms with E-state index >= 15 is 0 Å². The number of rotatable bonds is 1. The number of phenolic OH excluding ortho intramolecular Hbond substituents is 1. The molecule has 15 heavy (non-hydrogen) atoms. The quantitative estimate of drug-likeness (QED) is 0.417. The van der Waals surface area contributed by atoms with Crippen LogP contribution < -0.4 is 5.43 Å². The molecule has 1 aromatic heterocycles. The van der Waals surface area contributed by atoms with E-state index in [0.29, 0.717) is 5.58 Å². The largest absolute Gasteiger partial charge is 0.508 e. The Kier molecular flexibility index (Phi) is 2.13. The molecule has 0 saturated heterocycles. The zero-order valence-electron chi connectivity index (χ0n) is 7.54. The van der Waals surface area contributed by atoms with Crippen molar-refractivity contribution in [2.24, 2.45) is 5.16 Å². The summed E-state index contributed by atoms with van der Waals surface area (Å²) in [4.78, 5) is 11.7. The molecule has 0 radical (unpaired) electrons. The zero-order chi connectivity index (χ0) is 10.8. The highest BCUT2D eigenvalue weighted by molar-refractivity contribution is 5.86. The van der Waals surface area contributed by atoms with Crippen molar-refractivity contribution in [2.75, 3.05) is 0 Å². The van der Waals surface area contributed by atoms with E-state index in [1.807, 2.05) is 0 Å². The summed E-state index contributed by atoms with van der Waals surface area (Å²) in [7, 11) is 0. The van der Waals surface area contributed by atoms with Gasteiger partial charge in [0.1, 0.15) is 17.6 Å². The van der Waals surface area contributed by atoms with Crippen LogP contribution in [0.25, 0.3) is 11.0 Å². The first kappa shape index (κ1) is 9.26. The summed E-state index contributed by atoms with van der Waals surface area (Å²) in [6.07, 6.45) is 2.18. The lowest BCUT2D eigenvalue weighted by atomic mass is 10.2. The average molecular weight is 205 g/mol. The van der Waals surface area contributed by atoms with Crippen LogP contribution in [0, 0.1) is 0 Å². The van der Waals surface area contributed by atoms with Crippen molar-refractivity contribution in [3.05, 3.63) is 40.2 Å². The Bertz CT molecular complexity index is 585. The van der Waals surface area contributed by atoms with Gasteiger partial charge in [-0.15, -0.1) is 0 Å². The summed E-state index contributed by atoms with van der Waals surface area (Å²) in [5.74, 6) is -0.0205. The number of nitrogens with zero attached hydrogens (tertiary/aromatic N) is 1. The molecule has 0 atom stereocenters. The van der Waals surface area contributed by atoms with E-state index in [4.69, 9.17) is 9.62 Å². The molecule has 76 valence electrons. The van der Waals surface area contributed by atoms with E-state index in [9.17, 15) is 9.90 Å². The van der Waals surface area contributed by atoms with Gasteiger partial charge in [0.15, 0.2) is 0 Å². The normalized spacial score (nSPS) is 11.2. The van der Waals surface area contributed by atoms with E-state index < -0.39 is 0 Å². The second kappa shape index (κ2) is 3.45.